The number of hydrogen-bond acceptors (Lipinski definition) is 4. The quantitative estimate of drug-likeness (QED) is 0.489. The van der Waals surface area contributed by atoms with Crippen LogP contribution < -0.4 is 5.32 Å². The number of carbonyl (C=O) groups is 4. The molecule has 8 nitrogen and oxygen atoms in total. The maximum atomic E-state index is 12.2. The number of Topliss-reactive ketones (excluding diaryl/α,β-unsaturated/α-hetero) is 1. The number of nitrogens with one attached hydrogen (secondary N) is 1. The summed E-state index contributed by atoms with van der Waals surface area (Å²) in [4.78, 5) is 49.0. The van der Waals surface area contributed by atoms with Gasteiger partial charge in [-0.3, -0.25) is 14.4 Å². The van der Waals surface area contributed by atoms with Crippen LogP contribution in [0.15, 0.2) is 0 Å². The second kappa shape index (κ2) is 8.12. The molecular formula is C16H25N3O5. The van der Waals surface area contributed by atoms with Gasteiger partial charge in [0.2, 0.25) is 12.2 Å². The lowest BCUT2D eigenvalue weighted by atomic mass is 9.96. The van der Waals surface area contributed by atoms with Crippen molar-refractivity contribution in [2.75, 3.05) is 26.2 Å². The molecule has 1 aliphatic heterocycles. The fourth-order valence-electron chi connectivity index (χ4n) is 2.88. The number of rotatable bonds is 8. The van der Waals surface area contributed by atoms with E-state index in [0.29, 0.717) is 51.3 Å². The van der Waals surface area contributed by atoms with Crippen molar-refractivity contribution in [1.82, 2.24) is 15.1 Å². The van der Waals surface area contributed by atoms with E-state index < -0.39 is 23.8 Å². The van der Waals surface area contributed by atoms with Gasteiger partial charge >= 0.3 is 6.09 Å². The highest BCUT2D eigenvalue weighted by molar-refractivity contribution is 6.38. The Morgan fingerprint density at radius 2 is 1.83 bits per heavy atom. The molecule has 0 aromatic heterocycles. The number of ketones is 1. The van der Waals surface area contributed by atoms with Crippen LogP contribution in [0.25, 0.3) is 0 Å². The van der Waals surface area contributed by atoms with Gasteiger partial charge in [-0.2, -0.15) is 0 Å². The molecule has 2 aliphatic rings. The maximum Gasteiger partial charge on any atom is 0.407 e. The number of likely N-dealkylation sites (tertiary alicyclic amines) is 1. The summed E-state index contributed by atoms with van der Waals surface area (Å²) >= 11 is 0. The maximum absolute atomic E-state index is 12.2. The van der Waals surface area contributed by atoms with Gasteiger partial charge in [0, 0.05) is 26.2 Å². The van der Waals surface area contributed by atoms with Crippen LogP contribution in [0.4, 0.5) is 4.79 Å². The van der Waals surface area contributed by atoms with E-state index in [0.717, 1.165) is 12.8 Å². The largest absolute Gasteiger partial charge is 0.465 e. The zero-order chi connectivity index (χ0) is 17.7. The van der Waals surface area contributed by atoms with Crippen molar-refractivity contribution in [2.24, 2.45) is 11.8 Å². The molecule has 0 aromatic rings. The van der Waals surface area contributed by atoms with Crippen LogP contribution in [0.3, 0.4) is 0 Å². The molecule has 1 saturated carbocycles. The summed E-state index contributed by atoms with van der Waals surface area (Å²) < 4.78 is 0. The third kappa shape index (κ3) is 4.94. The van der Waals surface area contributed by atoms with E-state index >= 15 is 0 Å². The minimum absolute atomic E-state index is 0.135. The monoisotopic (exact) mass is 339 g/mol. The van der Waals surface area contributed by atoms with Crippen molar-refractivity contribution in [1.29, 1.82) is 0 Å². The summed E-state index contributed by atoms with van der Waals surface area (Å²) in [7, 11) is 0. The van der Waals surface area contributed by atoms with Gasteiger partial charge in [-0.05, 0) is 44.4 Å². The molecule has 24 heavy (non-hydrogen) atoms. The van der Waals surface area contributed by atoms with Crippen LogP contribution in [0.5, 0.6) is 0 Å². The highest BCUT2D eigenvalue weighted by Crippen LogP contribution is 2.27. The zero-order valence-electron chi connectivity index (χ0n) is 13.9. The van der Waals surface area contributed by atoms with E-state index in [4.69, 9.17) is 5.11 Å². The lowest BCUT2D eigenvalue weighted by molar-refractivity contribution is -0.142. The zero-order valence-corrected chi connectivity index (χ0v) is 13.9. The summed E-state index contributed by atoms with van der Waals surface area (Å²) in [6.45, 7) is 3.29. The molecule has 2 N–H and O–H groups in total. The SMILES string of the molecule is CC(C(=O)C(=O)NCC1CC1)N(C=O)CC1CCN(C(=O)O)CC1. The van der Waals surface area contributed by atoms with Crippen molar-refractivity contribution in [3.63, 3.8) is 0 Å². The van der Waals surface area contributed by atoms with Crippen molar-refractivity contribution >= 4 is 24.2 Å². The van der Waals surface area contributed by atoms with Crippen LogP contribution in [0.2, 0.25) is 0 Å². The molecule has 3 amide bonds. The molecule has 2 rings (SSSR count). The second-order valence-corrected chi connectivity index (χ2v) is 6.71. The molecule has 8 heteroatoms. The number of carboxylic acid groups (broad SMARTS) is 1. The Morgan fingerprint density at radius 3 is 2.33 bits per heavy atom. The van der Waals surface area contributed by atoms with Gasteiger partial charge in [-0.25, -0.2) is 4.79 Å². The summed E-state index contributed by atoms with van der Waals surface area (Å²) in [6.07, 6.45) is 3.12. The number of amides is 3. The molecular weight excluding hydrogens is 314 g/mol. The molecule has 1 aliphatic carbocycles. The molecule has 1 unspecified atom stereocenters. The van der Waals surface area contributed by atoms with Crippen molar-refractivity contribution < 1.29 is 24.3 Å². The van der Waals surface area contributed by atoms with E-state index in [1.54, 1.807) is 6.92 Å². The number of carbonyl (C=O) groups excluding carboxylic acids is 3. The minimum atomic E-state index is -0.934. The van der Waals surface area contributed by atoms with Gasteiger partial charge < -0.3 is 20.2 Å². The number of hydrogen-bond donors (Lipinski definition) is 2. The average molecular weight is 339 g/mol. The second-order valence-electron chi connectivity index (χ2n) is 6.71. The first-order chi connectivity index (χ1) is 11.4. The van der Waals surface area contributed by atoms with Gasteiger partial charge in [-0.1, -0.05) is 0 Å². The standard InChI is InChI=1S/C16H25N3O5/c1-11(14(21)15(22)17-8-12-2-3-12)19(10-20)9-13-4-6-18(7-5-13)16(23)24/h10-13H,2-9H2,1H3,(H,17,22)(H,23,24). The minimum Gasteiger partial charge on any atom is -0.465 e. The number of nitrogens with zero attached hydrogens (tertiary/aromatic N) is 2. The molecule has 0 spiro atoms. The highest BCUT2D eigenvalue weighted by Gasteiger charge is 2.31. The van der Waals surface area contributed by atoms with Crippen molar-refractivity contribution in [2.45, 2.75) is 38.6 Å². The third-order valence-electron chi connectivity index (χ3n) is 4.84. The van der Waals surface area contributed by atoms with E-state index in [-0.39, 0.29) is 5.92 Å². The Morgan fingerprint density at radius 1 is 1.21 bits per heavy atom. The van der Waals surface area contributed by atoms with Gasteiger partial charge in [0.05, 0.1) is 6.04 Å². The molecule has 1 saturated heterocycles. The first kappa shape index (κ1) is 18.2. The van der Waals surface area contributed by atoms with Gasteiger partial charge in [0.15, 0.2) is 0 Å². The Balaban J connectivity index is 1.80. The van der Waals surface area contributed by atoms with Gasteiger partial charge in [-0.15, -0.1) is 0 Å². The van der Waals surface area contributed by atoms with Crippen LogP contribution in [-0.4, -0.2) is 71.3 Å². The van der Waals surface area contributed by atoms with Crippen LogP contribution in [0, 0.1) is 11.8 Å². The Labute approximate surface area is 141 Å². The van der Waals surface area contributed by atoms with Crippen LogP contribution >= 0.6 is 0 Å². The molecule has 2 fully saturated rings. The van der Waals surface area contributed by atoms with Gasteiger partial charge in [0.25, 0.3) is 5.91 Å². The first-order valence-electron chi connectivity index (χ1n) is 8.43. The van der Waals surface area contributed by atoms with Crippen LogP contribution in [-0.2, 0) is 14.4 Å². The highest BCUT2D eigenvalue weighted by atomic mass is 16.4. The van der Waals surface area contributed by atoms with E-state index in [1.165, 1.54) is 9.80 Å². The Hall–Kier alpha value is -2.12. The van der Waals surface area contributed by atoms with Crippen LogP contribution in [0.1, 0.15) is 32.6 Å². The van der Waals surface area contributed by atoms with E-state index in [9.17, 15) is 19.2 Å². The Bertz CT molecular complexity index is 498. The summed E-state index contributed by atoms with van der Waals surface area (Å²) in [5, 5.41) is 11.6. The molecule has 0 aromatic carbocycles. The summed E-state index contributed by atoms with van der Waals surface area (Å²) in [5.41, 5.74) is 0. The summed E-state index contributed by atoms with van der Waals surface area (Å²) in [6, 6.07) is -0.806. The molecule has 0 bridgehead atoms. The van der Waals surface area contributed by atoms with Crippen molar-refractivity contribution in [3.8, 4) is 0 Å². The van der Waals surface area contributed by atoms with Gasteiger partial charge in [0.1, 0.15) is 0 Å². The van der Waals surface area contributed by atoms with E-state index in [1.807, 2.05) is 0 Å². The first-order valence-corrected chi connectivity index (χ1v) is 8.43. The topological polar surface area (TPSA) is 107 Å². The molecule has 0 radical (unpaired) electrons. The predicted octanol–water partition coefficient (Wildman–Crippen LogP) is 0.319. The fraction of sp³-hybridized carbons (Fsp3) is 0.750. The normalized spacial score (nSPS) is 19.5. The Kier molecular flexibility index (Phi) is 6.16. The summed E-state index contributed by atoms with van der Waals surface area (Å²) in [5.74, 6) is -0.623. The molecule has 134 valence electrons. The molecule has 1 heterocycles. The third-order valence-corrected chi connectivity index (χ3v) is 4.84. The average Bonchev–Trinajstić information content (AvgIpc) is 3.41. The lowest BCUT2D eigenvalue weighted by Gasteiger charge is -2.33. The van der Waals surface area contributed by atoms with Crippen molar-refractivity contribution in [3.05, 3.63) is 0 Å². The number of piperidine rings is 1. The smallest absolute Gasteiger partial charge is 0.407 e. The fourth-order valence-corrected chi connectivity index (χ4v) is 2.88. The predicted molar refractivity (Wildman–Crippen MR) is 85.3 cm³/mol. The molecule has 1 atom stereocenters. The van der Waals surface area contributed by atoms with E-state index in [2.05, 4.69) is 5.32 Å². The lowest BCUT2D eigenvalue weighted by Crippen LogP contribution is -2.48.